The second kappa shape index (κ2) is 20.6. The van der Waals surface area contributed by atoms with Crippen LogP contribution in [0.15, 0.2) is 142 Å². The molecular weight excluding hydrogens is 1070 g/mol. The monoisotopic (exact) mass is 1120 g/mol. The average molecular weight is 1120 g/mol. The van der Waals surface area contributed by atoms with Crippen molar-refractivity contribution in [3.63, 3.8) is 0 Å². The van der Waals surface area contributed by atoms with Crippen molar-refractivity contribution in [3.05, 3.63) is 164 Å². The molecule has 4 saturated carbocycles. The fourth-order valence-electron chi connectivity index (χ4n) is 14.8. The number of hydrogen-bond donors (Lipinski definition) is 6. The first-order chi connectivity index (χ1) is 37.8. The number of azo groups is 2. The predicted molar refractivity (Wildman–Crippen MR) is 306 cm³/mol. The van der Waals surface area contributed by atoms with Crippen LogP contribution in [-0.4, -0.2) is 64.9 Å². The number of fused-ring (bicyclic) bond motifs is 10. The van der Waals surface area contributed by atoms with Crippen molar-refractivity contribution < 1.29 is 24.6 Å². The Morgan fingerprint density at radius 2 is 1.31 bits per heavy atom. The molecule has 12 unspecified atom stereocenters. The van der Waals surface area contributed by atoms with Gasteiger partial charge in [0.25, 0.3) is 0 Å². The molecule has 12 atom stereocenters. The summed E-state index contributed by atoms with van der Waals surface area (Å²) in [5, 5.41) is 56.9. The smallest absolute Gasteiger partial charge is 0.230 e. The van der Waals surface area contributed by atoms with Crippen molar-refractivity contribution >= 4 is 92.2 Å². The highest BCUT2D eigenvalue weighted by Crippen LogP contribution is 2.60. The quantitative estimate of drug-likeness (QED) is 0.0578. The Hall–Kier alpha value is -5.90. The second-order valence-corrected chi connectivity index (χ2v) is 24.5. The van der Waals surface area contributed by atoms with E-state index in [-0.39, 0.29) is 47.6 Å². The number of carbonyl (C=O) groups is 2. The molecule has 2 spiro atoms. The number of halogens is 4. The van der Waals surface area contributed by atoms with Crippen molar-refractivity contribution in [3.8, 4) is 11.1 Å². The molecule has 0 bridgehead atoms. The van der Waals surface area contributed by atoms with E-state index in [0.29, 0.717) is 74.1 Å². The molecule has 2 heterocycles. The number of anilines is 4. The van der Waals surface area contributed by atoms with Gasteiger partial charge < -0.3 is 26.2 Å². The standard InChI is InChI=1S/C61H58Cl4N8O5/c62-33-11-17-48-42(24-33)39-19-22-60(29-52(39)66-48)28-32(31-78-73-51-10-4-2-8-47(51)65)54(74)53(30-60)71-69-35-13-15-37-38-16-14-36(27-45(38)55(75)44(37)26-35)70-72-58-56(76)41(59(77)68-50-9-3-1-7-46(50)64)20-23-61(58)21-5-6-40-43-25-34(63)12-18-49(43)67-57(40)61/h1-4,7-18,24-27,32,39-41,52-54,56-58,66-67,73-74,76H,5-6,19-23,28-31H2,(H,68,77). The van der Waals surface area contributed by atoms with E-state index in [0.717, 1.165) is 78.0 Å². The Morgan fingerprint density at radius 3 is 2.01 bits per heavy atom. The first kappa shape index (κ1) is 51.5. The van der Waals surface area contributed by atoms with E-state index in [1.54, 1.807) is 42.5 Å². The SMILES string of the molecule is O=C1c2cc(N=NC3CC4(CCC5c6cc(Cl)ccc6NC5C4)CC(CONc4ccccc4Cl)C3O)ccc2-c2ccc(N=NC3C(O)C(C(=O)Nc4ccccc4Cl)CCC34CCCC3c5cc(Cl)ccc5NC34)cc21. The molecule has 400 valence electrons. The first-order valence-electron chi connectivity index (χ1n) is 27.1. The molecule has 6 aromatic carbocycles. The van der Waals surface area contributed by atoms with Crippen LogP contribution < -0.4 is 21.4 Å². The van der Waals surface area contributed by atoms with Crippen LogP contribution in [0, 0.1) is 22.7 Å². The molecular formula is C61H58Cl4N8O5. The van der Waals surface area contributed by atoms with Gasteiger partial charge in [-0.25, -0.2) is 0 Å². The number of nitrogens with one attached hydrogen (secondary N) is 4. The maximum absolute atomic E-state index is 14.4. The van der Waals surface area contributed by atoms with Crippen LogP contribution in [0.1, 0.15) is 103 Å². The highest BCUT2D eigenvalue weighted by molar-refractivity contribution is 6.34. The third-order valence-electron chi connectivity index (χ3n) is 18.5. The van der Waals surface area contributed by atoms with Gasteiger partial charge in [0.15, 0.2) is 5.78 Å². The number of amides is 1. The molecule has 6 aromatic rings. The van der Waals surface area contributed by atoms with Gasteiger partial charge in [0.2, 0.25) is 5.91 Å². The maximum atomic E-state index is 14.4. The molecule has 0 aromatic heterocycles. The average Bonchev–Trinajstić information content (AvgIpc) is 4.24. The summed E-state index contributed by atoms with van der Waals surface area (Å²) >= 11 is 25.9. The number of benzene rings is 6. The van der Waals surface area contributed by atoms with Crippen molar-refractivity contribution in [2.45, 2.75) is 112 Å². The number of carbonyl (C=O) groups excluding carboxylic acids is 2. The summed E-state index contributed by atoms with van der Waals surface area (Å²) in [5.41, 5.74) is 11.5. The highest BCUT2D eigenvalue weighted by Gasteiger charge is 2.60. The summed E-state index contributed by atoms with van der Waals surface area (Å²) in [6.07, 6.45) is 5.94. The minimum Gasteiger partial charge on any atom is -0.390 e. The van der Waals surface area contributed by atoms with Gasteiger partial charge in [-0.2, -0.15) is 20.5 Å². The zero-order chi connectivity index (χ0) is 53.5. The predicted octanol–water partition coefficient (Wildman–Crippen LogP) is 15.1. The fraction of sp³-hybridized carbons (Fsp3) is 0.377. The largest absolute Gasteiger partial charge is 0.390 e. The Kier molecular flexibility index (Phi) is 13.6. The Labute approximate surface area is 472 Å². The molecule has 0 saturated heterocycles. The number of aliphatic hydroxyl groups excluding tert-OH is 2. The van der Waals surface area contributed by atoms with Crippen LogP contribution in [0.4, 0.5) is 34.1 Å². The Bertz CT molecular complexity index is 3440. The molecule has 2 aliphatic heterocycles. The lowest BCUT2D eigenvalue weighted by Gasteiger charge is -2.53. The molecule has 4 fully saturated rings. The minimum atomic E-state index is -1.17. The lowest BCUT2D eigenvalue weighted by Crippen LogP contribution is -2.60. The number of nitrogens with zero attached hydrogens (tertiary/aromatic N) is 4. The van der Waals surface area contributed by atoms with Crippen LogP contribution in [0.25, 0.3) is 11.1 Å². The van der Waals surface area contributed by atoms with Gasteiger partial charge in [-0.3, -0.25) is 19.9 Å². The van der Waals surface area contributed by atoms with Crippen molar-refractivity contribution in [1.82, 2.24) is 0 Å². The van der Waals surface area contributed by atoms with E-state index >= 15 is 0 Å². The van der Waals surface area contributed by atoms with E-state index < -0.39 is 35.6 Å². The Morgan fingerprint density at radius 1 is 0.654 bits per heavy atom. The van der Waals surface area contributed by atoms with Crippen molar-refractivity contribution in [2.75, 3.05) is 28.0 Å². The lowest BCUT2D eigenvalue weighted by atomic mass is 9.55. The van der Waals surface area contributed by atoms with Gasteiger partial charge in [0.1, 0.15) is 6.04 Å². The van der Waals surface area contributed by atoms with Gasteiger partial charge >= 0.3 is 0 Å². The van der Waals surface area contributed by atoms with Gasteiger partial charge in [0, 0.05) is 67.8 Å². The normalized spacial score (nSPS) is 30.3. The van der Waals surface area contributed by atoms with Gasteiger partial charge in [-0.15, -0.1) is 0 Å². The fourth-order valence-corrected chi connectivity index (χ4v) is 15.5. The molecule has 78 heavy (non-hydrogen) atoms. The van der Waals surface area contributed by atoms with Crippen molar-refractivity contribution in [1.29, 1.82) is 0 Å². The number of hydrogen-bond acceptors (Lipinski definition) is 12. The van der Waals surface area contributed by atoms with Crippen molar-refractivity contribution in [2.24, 2.45) is 43.1 Å². The van der Waals surface area contributed by atoms with E-state index in [1.165, 1.54) is 5.56 Å². The number of ketones is 1. The van der Waals surface area contributed by atoms with Crippen LogP contribution in [0.2, 0.25) is 20.1 Å². The summed E-state index contributed by atoms with van der Waals surface area (Å²) in [5.74, 6) is -1.04. The number of para-hydroxylation sites is 2. The molecule has 17 heteroatoms. The van der Waals surface area contributed by atoms with E-state index in [9.17, 15) is 19.8 Å². The van der Waals surface area contributed by atoms with Gasteiger partial charge in [-0.05, 0) is 170 Å². The highest BCUT2D eigenvalue weighted by atomic mass is 35.5. The third-order valence-corrected chi connectivity index (χ3v) is 19.6. The molecule has 1 amide bonds. The van der Waals surface area contributed by atoms with Crippen LogP contribution >= 0.6 is 46.4 Å². The zero-order valence-corrected chi connectivity index (χ0v) is 45.5. The maximum Gasteiger partial charge on any atom is 0.230 e. The molecule has 7 aliphatic rings. The van der Waals surface area contributed by atoms with Gasteiger partial charge in [0.05, 0.1) is 63.6 Å². The molecule has 5 aliphatic carbocycles. The summed E-state index contributed by atoms with van der Waals surface area (Å²) in [6.45, 7) is 0.234. The third kappa shape index (κ3) is 9.26. The molecule has 13 nitrogen and oxygen atoms in total. The first-order valence-corrected chi connectivity index (χ1v) is 28.7. The van der Waals surface area contributed by atoms with Crippen LogP contribution in [0.3, 0.4) is 0 Å². The Balaban J connectivity index is 0.750. The van der Waals surface area contributed by atoms with Crippen LogP contribution in [0.5, 0.6) is 0 Å². The summed E-state index contributed by atoms with van der Waals surface area (Å²) in [6, 6.07) is 36.3. The van der Waals surface area contributed by atoms with E-state index in [1.807, 2.05) is 66.7 Å². The molecule has 13 rings (SSSR count). The topological polar surface area (TPSA) is 181 Å². The second-order valence-electron chi connectivity index (χ2n) is 22.8. The number of aliphatic hydroxyl groups is 2. The van der Waals surface area contributed by atoms with E-state index in [2.05, 4.69) is 33.6 Å². The van der Waals surface area contributed by atoms with Crippen LogP contribution in [-0.2, 0) is 9.63 Å². The molecule has 0 radical (unpaired) electrons. The summed E-state index contributed by atoms with van der Waals surface area (Å²) in [7, 11) is 0. The van der Waals surface area contributed by atoms with E-state index in [4.69, 9.17) is 71.7 Å². The number of rotatable bonds is 10. The summed E-state index contributed by atoms with van der Waals surface area (Å²) < 4.78 is 0. The van der Waals surface area contributed by atoms with Gasteiger partial charge in [-0.1, -0.05) is 89.2 Å². The lowest BCUT2D eigenvalue weighted by molar-refractivity contribution is -0.130. The minimum absolute atomic E-state index is 0.0724. The molecule has 6 N–H and O–H groups in total. The zero-order valence-electron chi connectivity index (χ0n) is 42.5. The summed E-state index contributed by atoms with van der Waals surface area (Å²) in [4.78, 5) is 34.5.